The molecule has 32 heavy (non-hydrogen) atoms. The summed E-state index contributed by atoms with van der Waals surface area (Å²) in [6, 6.07) is 12.3. The van der Waals surface area contributed by atoms with Gasteiger partial charge in [-0.05, 0) is 61.6 Å². The topological polar surface area (TPSA) is 95.6 Å². The summed E-state index contributed by atoms with van der Waals surface area (Å²) < 4.78 is 25.9. The number of hydrogen-bond acceptors (Lipinski definition) is 4. The molecule has 0 bridgehead atoms. The Morgan fingerprint density at radius 1 is 1.03 bits per heavy atom. The highest BCUT2D eigenvalue weighted by atomic mass is 32.2. The maximum atomic E-state index is 12.5. The Morgan fingerprint density at radius 2 is 1.72 bits per heavy atom. The standard InChI is InChI=1S/C24H33N3O4S/c1-17(2)16-25-24(29)21-9-6-7-10-22(21)26-23(28)11-8-14-27(32(5,30)31)20-13-12-18(3)19(4)15-20/h6-7,9-10,12-13,15,17H,8,11,14,16H2,1-5H3,(H,25,29)(H,26,28). The molecule has 7 nitrogen and oxygen atoms in total. The number of anilines is 2. The minimum Gasteiger partial charge on any atom is -0.352 e. The van der Waals surface area contributed by atoms with Crippen molar-refractivity contribution in [2.24, 2.45) is 5.92 Å². The number of nitrogens with one attached hydrogen (secondary N) is 2. The van der Waals surface area contributed by atoms with Gasteiger partial charge in [-0.25, -0.2) is 8.42 Å². The Labute approximate surface area is 191 Å². The molecule has 2 rings (SSSR count). The fourth-order valence-corrected chi connectivity index (χ4v) is 4.10. The quantitative estimate of drug-likeness (QED) is 0.564. The first-order valence-corrected chi connectivity index (χ1v) is 12.6. The Kier molecular flexibility index (Phi) is 8.83. The van der Waals surface area contributed by atoms with Gasteiger partial charge in [-0.3, -0.25) is 13.9 Å². The van der Waals surface area contributed by atoms with E-state index >= 15 is 0 Å². The van der Waals surface area contributed by atoms with E-state index in [2.05, 4.69) is 10.6 Å². The number of amides is 2. The van der Waals surface area contributed by atoms with Crippen molar-refractivity contribution < 1.29 is 18.0 Å². The average Bonchev–Trinajstić information content (AvgIpc) is 2.71. The van der Waals surface area contributed by atoms with Gasteiger partial charge in [-0.15, -0.1) is 0 Å². The fourth-order valence-electron chi connectivity index (χ4n) is 3.15. The molecule has 0 aliphatic heterocycles. The van der Waals surface area contributed by atoms with Crippen LogP contribution < -0.4 is 14.9 Å². The molecule has 0 radical (unpaired) electrons. The Morgan fingerprint density at radius 3 is 2.34 bits per heavy atom. The average molecular weight is 460 g/mol. The predicted molar refractivity (Wildman–Crippen MR) is 130 cm³/mol. The van der Waals surface area contributed by atoms with E-state index in [-0.39, 0.29) is 24.8 Å². The van der Waals surface area contributed by atoms with Crippen LogP contribution in [0.1, 0.15) is 48.2 Å². The van der Waals surface area contributed by atoms with Gasteiger partial charge in [0.25, 0.3) is 5.91 Å². The molecule has 2 aromatic rings. The number of rotatable bonds is 10. The molecule has 0 heterocycles. The lowest BCUT2D eigenvalue weighted by Crippen LogP contribution is -2.31. The number of benzene rings is 2. The molecule has 0 atom stereocenters. The third kappa shape index (κ3) is 7.37. The molecule has 8 heteroatoms. The maximum Gasteiger partial charge on any atom is 0.253 e. The minimum atomic E-state index is -3.49. The van der Waals surface area contributed by atoms with Gasteiger partial charge in [0, 0.05) is 19.5 Å². The van der Waals surface area contributed by atoms with Crippen molar-refractivity contribution in [3.8, 4) is 0 Å². The first kappa shape index (κ1) is 25.4. The summed E-state index contributed by atoms with van der Waals surface area (Å²) in [7, 11) is -3.49. The van der Waals surface area contributed by atoms with Crippen LogP contribution in [0.25, 0.3) is 0 Å². The summed E-state index contributed by atoms with van der Waals surface area (Å²) in [5.41, 5.74) is 3.50. The molecule has 2 aromatic carbocycles. The zero-order valence-corrected chi connectivity index (χ0v) is 20.3. The molecular weight excluding hydrogens is 426 g/mol. The molecule has 0 aliphatic rings. The molecule has 0 fully saturated rings. The van der Waals surface area contributed by atoms with E-state index in [0.717, 1.165) is 17.4 Å². The summed E-state index contributed by atoms with van der Waals surface area (Å²) in [5.74, 6) is -0.203. The zero-order valence-electron chi connectivity index (χ0n) is 19.4. The van der Waals surface area contributed by atoms with Crippen molar-refractivity contribution in [2.75, 3.05) is 29.0 Å². The first-order valence-electron chi connectivity index (χ1n) is 10.7. The lowest BCUT2D eigenvalue weighted by atomic mass is 10.1. The number of hydrogen-bond donors (Lipinski definition) is 2. The summed E-state index contributed by atoms with van der Waals surface area (Å²) in [5, 5.41) is 5.63. The van der Waals surface area contributed by atoms with Gasteiger partial charge in [0.15, 0.2) is 0 Å². The van der Waals surface area contributed by atoms with Crippen LogP contribution in [-0.4, -0.2) is 39.6 Å². The van der Waals surface area contributed by atoms with Crippen LogP contribution in [0.15, 0.2) is 42.5 Å². The second-order valence-corrected chi connectivity index (χ2v) is 10.3. The first-order chi connectivity index (χ1) is 15.0. The third-order valence-corrected chi connectivity index (χ3v) is 6.25. The van der Waals surface area contributed by atoms with Crippen LogP contribution in [-0.2, 0) is 14.8 Å². The van der Waals surface area contributed by atoms with Gasteiger partial charge in [0.05, 0.1) is 23.2 Å². The van der Waals surface area contributed by atoms with Crippen LogP contribution >= 0.6 is 0 Å². The van der Waals surface area contributed by atoms with Crippen LogP contribution in [0.3, 0.4) is 0 Å². The third-order valence-electron chi connectivity index (χ3n) is 5.06. The summed E-state index contributed by atoms with van der Waals surface area (Å²) in [6.45, 7) is 8.64. The van der Waals surface area contributed by atoms with Crippen molar-refractivity contribution in [1.82, 2.24) is 5.32 Å². The van der Waals surface area contributed by atoms with Gasteiger partial charge in [0.2, 0.25) is 15.9 Å². The smallest absolute Gasteiger partial charge is 0.253 e. The van der Waals surface area contributed by atoms with Crippen molar-refractivity contribution in [3.63, 3.8) is 0 Å². The summed E-state index contributed by atoms with van der Waals surface area (Å²) in [6.07, 6.45) is 1.63. The van der Waals surface area contributed by atoms with E-state index in [0.29, 0.717) is 35.8 Å². The molecule has 0 unspecified atom stereocenters. The van der Waals surface area contributed by atoms with E-state index in [1.54, 1.807) is 30.3 Å². The van der Waals surface area contributed by atoms with Gasteiger partial charge in [0.1, 0.15) is 0 Å². The molecule has 0 aromatic heterocycles. The Bertz CT molecular complexity index is 1060. The molecular formula is C24H33N3O4S. The molecule has 2 amide bonds. The normalized spacial score (nSPS) is 11.3. The van der Waals surface area contributed by atoms with Gasteiger partial charge in [-0.1, -0.05) is 32.0 Å². The van der Waals surface area contributed by atoms with Gasteiger partial charge < -0.3 is 10.6 Å². The predicted octanol–water partition coefficient (Wildman–Crippen LogP) is 3.87. The van der Waals surface area contributed by atoms with Crippen LogP contribution in [0.2, 0.25) is 0 Å². The van der Waals surface area contributed by atoms with E-state index in [4.69, 9.17) is 0 Å². The molecule has 0 aliphatic carbocycles. The van der Waals surface area contributed by atoms with Crippen LogP contribution in [0, 0.1) is 19.8 Å². The van der Waals surface area contributed by atoms with Crippen LogP contribution in [0.5, 0.6) is 0 Å². The number of aryl methyl sites for hydroxylation is 2. The molecule has 2 N–H and O–H groups in total. The number of sulfonamides is 1. The zero-order chi connectivity index (χ0) is 23.9. The summed E-state index contributed by atoms with van der Waals surface area (Å²) >= 11 is 0. The van der Waals surface area contributed by atoms with Crippen molar-refractivity contribution in [3.05, 3.63) is 59.2 Å². The minimum absolute atomic E-state index is 0.124. The fraction of sp³-hybridized carbons (Fsp3) is 0.417. The van der Waals surface area contributed by atoms with Gasteiger partial charge in [-0.2, -0.15) is 0 Å². The largest absolute Gasteiger partial charge is 0.352 e. The van der Waals surface area contributed by atoms with E-state index < -0.39 is 10.0 Å². The number of carbonyl (C=O) groups is 2. The Balaban J connectivity index is 2.02. The molecule has 0 saturated heterocycles. The molecule has 0 spiro atoms. The number of carbonyl (C=O) groups excluding carboxylic acids is 2. The van der Waals surface area contributed by atoms with Crippen LogP contribution in [0.4, 0.5) is 11.4 Å². The van der Waals surface area contributed by atoms with E-state index in [1.165, 1.54) is 4.31 Å². The van der Waals surface area contributed by atoms with Gasteiger partial charge >= 0.3 is 0 Å². The molecule has 174 valence electrons. The number of nitrogens with zero attached hydrogens (tertiary/aromatic N) is 1. The highest BCUT2D eigenvalue weighted by Crippen LogP contribution is 2.22. The molecule has 0 saturated carbocycles. The van der Waals surface area contributed by atoms with Crippen molar-refractivity contribution in [1.29, 1.82) is 0 Å². The second-order valence-electron chi connectivity index (χ2n) is 8.40. The van der Waals surface area contributed by atoms with Crippen molar-refractivity contribution in [2.45, 2.75) is 40.5 Å². The van der Waals surface area contributed by atoms with E-state index in [9.17, 15) is 18.0 Å². The lowest BCUT2D eigenvalue weighted by Gasteiger charge is -2.23. The lowest BCUT2D eigenvalue weighted by molar-refractivity contribution is -0.116. The van der Waals surface area contributed by atoms with E-state index in [1.807, 2.05) is 39.8 Å². The van der Waals surface area contributed by atoms with Crippen molar-refractivity contribution >= 4 is 33.2 Å². The SMILES string of the molecule is Cc1ccc(N(CCCC(=O)Nc2ccccc2C(=O)NCC(C)C)S(C)(=O)=O)cc1C. The second kappa shape index (κ2) is 11.1. The Hall–Kier alpha value is -2.87. The maximum absolute atomic E-state index is 12.5. The highest BCUT2D eigenvalue weighted by molar-refractivity contribution is 7.92. The highest BCUT2D eigenvalue weighted by Gasteiger charge is 2.19. The monoisotopic (exact) mass is 459 g/mol. The number of para-hydroxylation sites is 1. The summed E-state index contributed by atoms with van der Waals surface area (Å²) in [4.78, 5) is 24.9.